The van der Waals surface area contributed by atoms with Gasteiger partial charge in [0.2, 0.25) is 0 Å². The number of hydrogen-bond donors (Lipinski definition) is 1. The molecular formula is C9H17N3O3S. The molecule has 1 N–H and O–H groups in total. The van der Waals surface area contributed by atoms with Gasteiger partial charge >= 0.3 is 0 Å². The van der Waals surface area contributed by atoms with Crippen molar-refractivity contribution >= 4 is 9.84 Å². The lowest BCUT2D eigenvalue weighted by atomic mass is 10.2. The van der Waals surface area contributed by atoms with E-state index in [0.717, 1.165) is 0 Å². The highest BCUT2D eigenvalue weighted by Crippen LogP contribution is 2.11. The zero-order valence-corrected chi connectivity index (χ0v) is 10.3. The van der Waals surface area contributed by atoms with Crippen LogP contribution in [0.25, 0.3) is 0 Å². The molecule has 0 amide bonds. The Hall–Kier alpha value is -0.950. The van der Waals surface area contributed by atoms with Gasteiger partial charge in [0, 0.05) is 12.8 Å². The van der Waals surface area contributed by atoms with Crippen molar-refractivity contribution in [3.05, 3.63) is 11.9 Å². The van der Waals surface area contributed by atoms with E-state index in [1.165, 1.54) is 6.26 Å². The van der Waals surface area contributed by atoms with Gasteiger partial charge in [-0.05, 0) is 12.8 Å². The standard InChI is InChI=1S/C9H17N3O3S/c1-3-9(13)8-7-12(11-10-8)5-4-6-16(2,14)15/h7,9,13H,3-6H2,1-2H3. The Kier molecular flexibility index (Phi) is 4.43. The topological polar surface area (TPSA) is 85.1 Å². The molecule has 1 rings (SSSR count). The summed E-state index contributed by atoms with van der Waals surface area (Å²) in [6.45, 7) is 2.35. The average Bonchev–Trinajstić information content (AvgIpc) is 2.63. The smallest absolute Gasteiger partial charge is 0.147 e. The largest absolute Gasteiger partial charge is 0.387 e. The van der Waals surface area contributed by atoms with Gasteiger partial charge in [-0.25, -0.2) is 8.42 Å². The van der Waals surface area contributed by atoms with Gasteiger partial charge in [0.05, 0.1) is 18.1 Å². The van der Waals surface area contributed by atoms with Crippen molar-refractivity contribution in [1.29, 1.82) is 0 Å². The Morgan fingerprint density at radius 1 is 1.56 bits per heavy atom. The third-order valence-corrected chi connectivity index (χ3v) is 3.22. The maximum Gasteiger partial charge on any atom is 0.147 e. The third-order valence-electron chi connectivity index (χ3n) is 2.19. The molecule has 0 fully saturated rings. The van der Waals surface area contributed by atoms with Gasteiger partial charge in [0.25, 0.3) is 0 Å². The van der Waals surface area contributed by atoms with E-state index < -0.39 is 15.9 Å². The molecule has 1 unspecified atom stereocenters. The van der Waals surface area contributed by atoms with E-state index in [-0.39, 0.29) is 5.75 Å². The highest BCUT2D eigenvalue weighted by Gasteiger charge is 2.09. The lowest BCUT2D eigenvalue weighted by Gasteiger charge is -2.01. The molecule has 1 aromatic rings. The molecule has 0 bridgehead atoms. The molecule has 7 heteroatoms. The van der Waals surface area contributed by atoms with E-state index in [0.29, 0.717) is 25.1 Å². The lowest BCUT2D eigenvalue weighted by Crippen LogP contribution is -2.07. The average molecular weight is 247 g/mol. The van der Waals surface area contributed by atoms with Gasteiger partial charge in [-0.3, -0.25) is 4.68 Å². The first kappa shape index (κ1) is 13.1. The molecule has 0 aliphatic heterocycles. The third kappa shape index (κ3) is 4.28. The molecule has 0 spiro atoms. The van der Waals surface area contributed by atoms with Gasteiger partial charge in [-0.1, -0.05) is 12.1 Å². The monoisotopic (exact) mass is 247 g/mol. The molecular weight excluding hydrogens is 230 g/mol. The molecule has 0 saturated heterocycles. The number of aromatic nitrogens is 3. The fourth-order valence-corrected chi connectivity index (χ4v) is 1.93. The van der Waals surface area contributed by atoms with Crippen LogP contribution >= 0.6 is 0 Å². The quantitative estimate of drug-likeness (QED) is 0.773. The minimum absolute atomic E-state index is 0.137. The summed E-state index contributed by atoms with van der Waals surface area (Å²) in [6, 6.07) is 0. The van der Waals surface area contributed by atoms with E-state index in [2.05, 4.69) is 10.3 Å². The molecule has 1 aromatic heterocycles. The zero-order valence-electron chi connectivity index (χ0n) is 9.50. The maximum absolute atomic E-state index is 10.9. The van der Waals surface area contributed by atoms with Crippen LogP contribution in [0, 0.1) is 0 Å². The van der Waals surface area contributed by atoms with Gasteiger partial charge in [0.1, 0.15) is 15.5 Å². The van der Waals surface area contributed by atoms with Crippen LogP contribution in [0.1, 0.15) is 31.6 Å². The minimum atomic E-state index is -2.92. The van der Waals surface area contributed by atoms with Crippen LogP contribution in [0.15, 0.2) is 6.20 Å². The highest BCUT2D eigenvalue weighted by atomic mass is 32.2. The first-order valence-corrected chi connectivity index (χ1v) is 7.24. The van der Waals surface area contributed by atoms with Crippen LogP contribution in [0.4, 0.5) is 0 Å². The van der Waals surface area contributed by atoms with E-state index in [4.69, 9.17) is 0 Å². The molecule has 0 aromatic carbocycles. The predicted molar refractivity (Wildman–Crippen MR) is 59.6 cm³/mol. The number of rotatable bonds is 6. The number of aliphatic hydroxyl groups excluding tert-OH is 1. The van der Waals surface area contributed by atoms with E-state index in [9.17, 15) is 13.5 Å². The summed E-state index contributed by atoms with van der Waals surface area (Å²) >= 11 is 0. The van der Waals surface area contributed by atoms with Crippen molar-refractivity contribution < 1.29 is 13.5 Å². The number of nitrogens with zero attached hydrogens (tertiary/aromatic N) is 3. The Morgan fingerprint density at radius 2 is 2.25 bits per heavy atom. The van der Waals surface area contributed by atoms with Crippen molar-refractivity contribution in [3.8, 4) is 0 Å². The van der Waals surface area contributed by atoms with Crippen LogP contribution in [-0.4, -0.2) is 40.5 Å². The highest BCUT2D eigenvalue weighted by molar-refractivity contribution is 7.90. The van der Waals surface area contributed by atoms with Crippen LogP contribution in [0.5, 0.6) is 0 Å². The summed E-state index contributed by atoms with van der Waals surface area (Å²) < 4.78 is 23.3. The van der Waals surface area contributed by atoms with Gasteiger partial charge in [0.15, 0.2) is 0 Å². The second-order valence-electron chi connectivity index (χ2n) is 3.81. The Labute approximate surface area is 95.2 Å². The van der Waals surface area contributed by atoms with Crippen LogP contribution in [0.3, 0.4) is 0 Å². The summed E-state index contributed by atoms with van der Waals surface area (Å²) in [5, 5.41) is 17.1. The molecule has 6 nitrogen and oxygen atoms in total. The predicted octanol–water partition coefficient (Wildman–Crippen LogP) is 0.156. The summed E-state index contributed by atoms with van der Waals surface area (Å²) in [5.41, 5.74) is 0.529. The number of aliphatic hydroxyl groups is 1. The molecule has 0 aliphatic rings. The van der Waals surface area contributed by atoms with Gasteiger partial charge in [-0.15, -0.1) is 5.10 Å². The molecule has 1 heterocycles. The summed E-state index contributed by atoms with van der Waals surface area (Å²) in [4.78, 5) is 0. The van der Waals surface area contributed by atoms with E-state index in [1.54, 1.807) is 10.9 Å². The van der Waals surface area contributed by atoms with Crippen molar-refractivity contribution in [3.63, 3.8) is 0 Å². The first-order valence-electron chi connectivity index (χ1n) is 5.18. The van der Waals surface area contributed by atoms with Gasteiger partial charge < -0.3 is 5.11 Å². The van der Waals surface area contributed by atoms with Crippen molar-refractivity contribution in [2.24, 2.45) is 0 Å². The Morgan fingerprint density at radius 3 is 2.81 bits per heavy atom. The van der Waals surface area contributed by atoms with Crippen molar-refractivity contribution in [1.82, 2.24) is 15.0 Å². The Bertz CT molecular complexity index is 427. The van der Waals surface area contributed by atoms with Crippen LogP contribution in [-0.2, 0) is 16.4 Å². The van der Waals surface area contributed by atoms with E-state index in [1.807, 2.05) is 6.92 Å². The molecule has 0 radical (unpaired) electrons. The number of aryl methyl sites for hydroxylation is 1. The van der Waals surface area contributed by atoms with Crippen molar-refractivity contribution in [2.45, 2.75) is 32.4 Å². The summed E-state index contributed by atoms with van der Waals surface area (Å²) in [6.07, 6.45) is 3.35. The van der Waals surface area contributed by atoms with Gasteiger partial charge in [-0.2, -0.15) is 0 Å². The second-order valence-corrected chi connectivity index (χ2v) is 6.07. The lowest BCUT2D eigenvalue weighted by molar-refractivity contribution is 0.168. The normalized spacial score (nSPS) is 13.9. The molecule has 16 heavy (non-hydrogen) atoms. The first-order chi connectivity index (χ1) is 7.42. The second kappa shape index (κ2) is 5.40. The minimum Gasteiger partial charge on any atom is -0.387 e. The van der Waals surface area contributed by atoms with E-state index >= 15 is 0 Å². The maximum atomic E-state index is 10.9. The van der Waals surface area contributed by atoms with Crippen molar-refractivity contribution in [2.75, 3.05) is 12.0 Å². The fraction of sp³-hybridized carbons (Fsp3) is 0.778. The number of sulfone groups is 1. The van der Waals surface area contributed by atoms with Crippen LogP contribution in [0.2, 0.25) is 0 Å². The fourth-order valence-electron chi connectivity index (χ4n) is 1.27. The number of hydrogen-bond acceptors (Lipinski definition) is 5. The Balaban J connectivity index is 2.47. The van der Waals surface area contributed by atoms with Crippen LogP contribution < -0.4 is 0 Å². The SMILES string of the molecule is CCC(O)c1cn(CCCS(C)(=O)=O)nn1. The summed E-state index contributed by atoms with van der Waals surface area (Å²) in [5.74, 6) is 0.137. The molecule has 1 atom stereocenters. The molecule has 0 aliphatic carbocycles. The summed E-state index contributed by atoms with van der Waals surface area (Å²) in [7, 11) is -2.92. The molecule has 0 saturated carbocycles. The molecule has 92 valence electrons. The zero-order chi connectivity index (χ0) is 12.2.